The molecule has 25 heavy (non-hydrogen) atoms. The van der Waals surface area contributed by atoms with Crippen molar-refractivity contribution in [2.75, 3.05) is 20.8 Å². The van der Waals surface area contributed by atoms with Gasteiger partial charge in [0.1, 0.15) is 18.3 Å². The fourth-order valence-electron chi connectivity index (χ4n) is 3.12. The molecule has 1 N–H and O–H groups in total. The number of ether oxygens (including phenoxy) is 6. The number of hydrogen-bond donors (Lipinski definition) is 1. The van der Waals surface area contributed by atoms with Gasteiger partial charge in [0.15, 0.2) is 6.29 Å². The number of fused-ring (bicyclic) bond motifs is 1. The van der Waals surface area contributed by atoms with Gasteiger partial charge in [0.05, 0.1) is 13.2 Å². The Morgan fingerprint density at radius 1 is 1.04 bits per heavy atom. The lowest BCUT2D eigenvalue weighted by Gasteiger charge is -2.55. The molecule has 0 radical (unpaired) electrons. The summed E-state index contributed by atoms with van der Waals surface area (Å²) < 4.78 is 34.7. The molecular formula is C18H26O7. The maximum atomic E-state index is 10.3. The van der Waals surface area contributed by atoms with Crippen LogP contribution in [0.3, 0.4) is 0 Å². The van der Waals surface area contributed by atoms with Crippen molar-refractivity contribution in [2.24, 2.45) is 0 Å². The maximum absolute atomic E-state index is 10.3. The van der Waals surface area contributed by atoms with Gasteiger partial charge in [0.2, 0.25) is 11.6 Å². The van der Waals surface area contributed by atoms with Crippen LogP contribution in [0.2, 0.25) is 0 Å². The zero-order chi connectivity index (χ0) is 18.1. The van der Waals surface area contributed by atoms with Gasteiger partial charge in [0.25, 0.3) is 0 Å². The molecule has 3 rings (SSSR count). The zero-order valence-electron chi connectivity index (χ0n) is 15.0. The first-order valence-corrected chi connectivity index (χ1v) is 8.33. The number of aliphatic hydroxyl groups is 1. The highest BCUT2D eigenvalue weighted by molar-refractivity contribution is 5.13. The molecule has 2 fully saturated rings. The number of aliphatic hydroxyl groups excluding tert-OH is 1. The van der Waals surface area contributed by atoms with E-state index in [2.05, 4.69) is 0 Å². The van der Waals surface area contributed by atoms with Gasteiger partial charge in [-0.2, -0.15) is 0 Å². The third-order valence-electron chi connectivity index (χ3n) is 4.99. The standard InChI is InChI=1S/C18H26O7/c1-17(20-3)18(2,21-4)25-15-14(24-17)13(19)11-23-16(15)22-10-12-8-6-5-7-9-12/h5-9,13-16,19H,10-11H2,1-4H3/t13-,14+,15+,16-,17+,18+/m1/s1. The molecule has 2 heterocycles. The molecule has 1 aromatic carbocycles. The first-order chi connectivity index (χ1) is 11.9. The molecule has 0 saturated carbocycles. The Hall–Kier alpha value is -1.06. The Kier molecular flexibility index (Phi) is 5.45. The van der Waals surface area contributed by atoms with Crippen LogP contribution in [0.5, 0.6) is 0 Å². The second-order valence-electron chi connectivity index (χ2n) is 6.53. The summed E-state index contributed by atoms with van der Waals surface area (Å²) in [6.45, 7) is 3.89. The van der Waals surface area contributed by atoms with Crippen LogP contribution in [0.15, 0.2) is 30.3 Å². The lowest BCUT2D eigenvalue weighted by molar-refractivity contribution is -0.479. The molecule has 2 saturated heterocycles. The molecule has 6 atom stereocenters. The molecule has 140 valence electrons. The largest absolute Gasteiger partial charge is 0.388 e. The molecule has 0 bridgehead atoms. The van der Waals surface area contributed by atoms with Crippen LogP contribution >= 0.6 is 0 Å². The van der Waals surface area contributed by atoms with Crippen molar-refractivity contribution in [1.29, 1.82) is 0 Å². The van der Waals surface area contributed by atoms with Gasteiger partial charge in [-0.05, 0) is 19.4 Å². The summed E-state index contributed by atoms with van der Waals surface area (Å²) in [7, 11) is 3.02. The van der Waals surface area contributed by atoms with Crippen LogP contribution in [0.1, 0.15) is 19.4 Å². The van der Waals surface area contributed by atoms with Gasteiger partial charge in [-0.3, -0.25) is 0 Å². The van der Waals surface area contributed by atoms with E-state index >= 15 is 0 Å². The van der Waals surface area contributed by atoms with Crippen molar-refractivity contribution >= 4 is 0 Å². The van der Waals surface area contributed by atoms with Crippen LogP contribution in [0, 0.1) is 0 Å². The van der Waals surface area contributed by atoms with Gasteiger partial charge in [-0.1, -0.05) is 30.3 Å². The Morgan fingerprint density at radius 3 is 2.24 bits per heavy atom. The van der Waals surface area contributed by atoms with E-state index in [1.807, 2.05) is 30.3 Å². The Labute approximate surface area is 147 Å². The van der Waals surface area contributed by atoms with Crippen LogP contribution in [0.25, 0.3) is 0 Å². The monoisotopic (exact) mass is 354 g/mol. The first kappa shape index (κ1) is 18.7. The molecule has 0 unspecified atom stereocenters. The normalized spacial score (nSPS) is 41.3. The highest BCUT2D eigenvalue weighted by Gasteiger charge is 2.61. The summed E-state index contributed by atoms with van der Waals surface area (Å²) in [6.07, 6.45) is -2.84. The highest BCUT2D eigenvalue weighted by Crippen LogP contribution is 2.42. The van der Waals surface area contributed by atoms with Crippen molar-refractivity contribution in [3.05, 3.63) is 35.9 Å². The van der Waals surface area contributed by atoms with Crippen molar-refractivity contribution in [2.45, 2.75) is 56.6 Å². The van der Waals surface area contributed by atoms with E-state index in [9.17, 15) is 5.11 Å². The molecule has 0 aliphatic carbocycles. The molecular weight excluding hydrogens is 328 g/mol. The predicted molar refractivity (Wildman–Crippen MR) is 87.6 cm³/mol. The van der Waals surface area contributed by atoms with Crippen LogP contribution in [0.4, 0.5) is 0 Å². The van der Waals surface area contributed by atoms with Gasteiger partial charge in [-0.25, -0.2) is 0 Å². The fourth-order valence-corrected chi connectivity index (χ4v) is 3.12. The summed E-state index contributed by atoms with van der Waals surface area (Å²) in [5, 5.41) is 10.3. The van der Waals surface area contributed by atoms with E-state index in [4.69, 9.17) is 28.4 Å². The molecule has 0 amide bonds. The molecule has 2 aliphatic rings. The number of rotatable bonds is 5. The van der Waals surface area contributed by atoms with Crippen molar-refractivity contribution in [3.8, 4) is 0 Å². The SMILES string of the molecule is CO[C@@]1(C)O[C@@H]2[C@H](OCc3ccccc3)OC[C@@H](O)[C@@H]2O[C@]1(C)OC. The fraction of sp³-hybridized carbons (Fsp3) is 0.667. The molecule has 0 aromatic heterocycles. The average molecular weight is 354 g/mol. The lowest BCUT2D eigenvalue weighted by atomic mass is 9.98. The van der Waals surface area contributed by atoms with Gasteiger partial charge < -0.3 is 33.5 Å². The Morgan fingerprint density at radius 2 is 1.64 bits per heavy atom. The molecule has 0 spiro atoms. The van der Waals surface area contributed by atoms with Crippen LogP contribution in [-0.2, 0) is 35.0 Å². The minimum atomic E-state index is -1.18. The van der Waals surface area contributed by atoms with E-state index in [1.165, 1.54) is 14.2 Å². The third kappa shape index (κ3) is 3.46. The smallest absolute Gasteiger partial charge is 0.220 e. The number of hydrogen-bond acceptors (Lipinski definition) is 7. The van der Waals surface area contributed by atoms with E-state index in [0.717, 1.165) is 5.56 Å². The molecule has 2 aliphatic heterocycles. The highest BCUT2D eigenvalue weighted by atomic mass is 16.8. The van der Waals surface area contributed by atoms with Crippen LogP contribution < -0.4 is 0 Å². The Bertz CT molecular complexity index is 568. The third-order valence-corrected chi connectivity index (χ3v) is 4.99. The second kappa shape index (κ2) is 7.28. The van der Waals surface area contributed by atoms with Gasteiger partial charge in [-0.15, -0.1) is 0 Å². The summed E-state index contributed by atoms with van der Waals surface area (Å²) in [5.74, 6) is -2.36. The Balaban J connectivity index is 1.77. The minimum absolute atomic E-state index is 0.0907. The molecule has 7 nitrogen and oxygen atoms in total. The van der Waals surface area contributed by atoms with Crippen LogP contribution in [-0.4, -0.2) is 62.1 Å². The quantitative estimate of drug-likeness (QED) is 0.857. The number of methoxy groups -OCH3 is 2. The first-order valence-electron chi connectivity index (χ1n) is 8.33. The van der Waals surface area contributed by atoms with E-state index in [0.29, 0.717) is 6.61 Å². The second-order valence-corrected chi connectivity index (χ2v) is 6.53. The van der Waals surface area contributed by atoms with Crippen molar-refractivity contribution in [1.82, 2.24) is 0 Å². The maximum Gasteiger partial charge on any atom is 0.220 e. The lowest BCUT2D eigenvalue weighted by Crippen LogP contribution is -2.71. The summed E-state index contributed by atoms with van der Waals surface area (Å²) in [4.78, 5) is 0. The average Bonchev–Trinajstić information content (AvgIpc) is 2.64. The van der Waals surface area contributed by atoms with Gasteiger partial charge >= 0.3 is 0 Å². The van der Waals surface area contributed by atoms with E-state index in [-0.39, 0.29) is 6.61 Å². The van der Waals surface area contributed by atoms with E-state index in [1.54, 1.807) is 13.8 Å². The van der Waals surface area contributed by atoms with Crippen molar-refractivity contribution in [3.63, 3.8) is 0 Å². The molecule has 7 heteroatoms. The minimum Gasteiger partial charge on any atom is -0.388 e. The summed E-state index contributed by atoms with van der Waals surface area (Å²) >= 11 is 0. The predicted octanol–water partition coefficient (Wildman–Crippen LogP) is 1.43. The van der Waals surface area contributed by atoms with Gasteiger partial charge in [0, 0.05) is 14.2 Å². The van der Waals surface area contributed by atoms with E-state index < -0.39 is 36.2 Å². The molecule has 1 aromatic rings. The summed E-state index contributed by atoms with van der Waals surface area (Å²) in [6, 6.07) is 9.77. The van der Waals surface area contributed by atoms with Crippen molar-refractivity contribution < 1.29 is 33.5 Å². The topological polar surface area (TPSA) is 75.6 Å². The summed E-state index contributed by atoms with van der Waals surface area (Å²) in [5.41, 5.74) is 1.02. The zero-order valence-corrected chi connectivity index (χ0v) is 15.0. The number of benzene rings is 1.